The topological polar surface area (TPSA) is 55.1 Å². The van der Waals surface area contributed by atoms with Gasteiger partial charge in [-0.2, -0.15) is 0 Å². The van der Waals surface area contributed by atoms with Crippen LogP contribution in [0.3, 0.4) is 0 Å². The van der Waals surface area contributed by atoms with E-state index in [2.05, 4.69) is 5.32 Å². The fraction of sp³-hybridized carbons (Fsp3) is 0.462. The van der Waals surface area contributed by atoms with Crippen LogP contribution in [-0.2, 0) is 4.79 Å². The number of aryl methyl sites for hydroxylation is 1. The van der Waals surface area contributed by atoms with Gasteiger partial charge in [-0.1, -0.05) is 0 Å². The molecular formula is C13H17FN2O. The predicted octanol–water partition coefficient (Wildman–Crippen LogP) is 2.34. The third kappa shape index (κ3) is 3.03. The lowest BCUT2D eigenvalue weighted by Gasteiger charge is -2.37. The lowest BCUT2D eigenvalue weighted by molar-refractivity contribution is -0.118. The third-order valence-corrected chi connectivity index (χ3v) is 3.19. The molecule has 0 radical (unpaired) electrons. The minimum absolute atomic E-state index is 0.141. The van der Waals surface area contributed by atoms with Crippen molar-refractivity contribution in [3.63, 3.8) is 0 Å². The van der Waals surface area contributed by atoms with Gasteiger partial charge in [0.15, 0.2) is 0 Å². The maximum absolute atomic E-state index is 13.1. The van der Waals surface area contributed by atoms with Crippen molar-refractivity contribution in [1.29, 1.82) is 0 Å². The Balaban J connectivity index is 1.98. The van der Waals surface area contributed by atoms with Gasteiger partial charge in [-0.3, -0.25) is 4.79 Å². The number of benzene rings is 1. The van der Waals surface area contributed by atoms with E-state index in [1.165, 1.54) is 12.1 Å². The highest BCUT2D eigenvalue weighted by Crippen LogP contribution is 2.32. The third-order valence-electron chi connectivity index (χ3n) is 3.19. The molecule has 1 aromatic rings. The molecule has 0 aromatic heterocycles. The van der Waals surface area contributed by atoms with Crippen LogP contribution in [0.5, 0.6) is 0 Å². The summed E-state index contributed by atoms with van der Waals surface area (Å²) >= 11 is 0. The molecule has 92 valence electrons. The molecule has 0 unspecified atom stereocenters. The first-order valence-electron chi connectivity index (χ1n) is 5.83. The van der Waals surface area contributed by atoms with Crippen molar-refractivity contribution in [2.24, 2.45) is 5.73 Å². The van der Waals surface area contributed by atoms with Crippen LogP contribution < -0.4 is 11.1 Å². The van der Waals surface area contributed by atoms with Crippen molar-refractivity contribution in [3.05, 3.63) is 29.6 Å². The van der Waals surface area contributed by atoms with E-state index in [9.17, 15) is 9.18 Å². The number of nitrogens with two attached hydrogens (primary N) is 1. The molecule has 2 rings (SSSR count). The molecule has 0 heterocycles. The summed E-state index contributed by atoms with van der Waals surface area (Å²) in [5.74, 6) is -0.483. The Morgan fingerprint density at radius 3 is 2.71 bits per heavy atom. The second kappa shape index (κ2) is 4.45. The molecule has 0 spiro atoms. The van der Waals surface area contributed by atoms with Crippen molar-refractivity contribution in [3.8, 4) is 0 Å². The van der Waals surface area contributed by atoms with Crippen molar-refractivity contribution in [2.45, 2.75) is 38.1 Å². The Morgan fingerprint density at radius 2 is 2.18 bits per heavy atom. The van der Waals surface area contributed by atoms with Gasteiger partial charge in [-0.15, -0.1) is 0 Å². The van der Waals surface area contributed by atoms with E-state index in [1.807, 2.05) is 0 Å². The Labute approximate surface area is 100 Å². The Morgan fingerprint density at radius 1 is 1.47 bits per heavy atom. The monoisotopic (exact) mass is 236 g/mol. The van der Waals surface area contributed by atoms with Crippen LogP contribution in [0.4, 0.5) is 10.1 Å². The summed E-state index contributed by atoms with van der Waals surface area (Å²) in [6.45, 7) is 1.79. The number of hydrogen-bond acceptors (Lipinski definition) is 2. The summed E-state index contributed by atoms with van der Waals surface area (Å²) < 4.78 is 13.1. The van der Waals surface area contributed by atoms with E-state index in [-0.39, 0.29) is 17.3 Å². The van der Waals surface area contributed by atoms with Gasteiger partial charge in [-0.05, 0) is 49.9 Å². The summed E-state index contributed by atoms with van der Waals surface area (Å²) in [5.41, 5.74) is 6.92. The molecule has 0 aliphatic heterocycles. The standard InChI is InChI=1S/C13H17FN2O/c1-9-5-10(14)7-11(6-9)16-12(17)8-13(15)3-2-4-13/h5-7H,2-4,8,15H2,1H3,(H,16,17). The average Bonchev–Trinajstić information content (AvgIpc) is 2.12. The van der Waals surface area contributed by atoms with Crippen molar-refractivity contribution >= 4 is 11.6 Å². The van der Waals surface area contributed by atoms with E-state index in [0.29, 0.717) is 12.1 Å². The van der Waals surface area contributed by atoms with Crippen LogP contribution in [0.15, 0.2) is 18.2 Å². The highest BCUT2D eigenvalue weighted by Gasteiger charge is 2.34. The molecule has 1 amide bonds. The number of nitrogens with one attached hydrogen (secondary N) is 1. The first kappa shape index (κ1) is 12.0. The second-order valence-corrected chi connectivity index (χ2v) is 4.96. The molecule has 0 bridgehead atoms. The predicted molar refractivity (Wildman–Crippen MR) is 65.2 cm³/mol. The lowest BCUT2D eigenvalue weighted by atomic mass is 9.75. The molecule has 4 heteroatoms. The molecular weight excluding hydrogens is 219 g/mol. The van der Waals surface area contributed by atoms with Crippen LogP contribution in [0.1, 0.15) is 31.2 Å². The van der Waals surface area contributed by atoms with E-state index >= 15 is 0 Å². The number of anilines is 1. The molecule has 1 aliphatic rings. The lowest BCUT2D eigenvalue weighted by Crippen LogP contribution is -2.48. The smallest absolute Gasteiger partial charge is 0.226 e. The number of hydrogen-bond donors (Lipinski definition) is 2. The highest BCUT2D eigenvalue weighted by atomic mass is 19.1. The van der Waals surface area contributed by atoms with Crippen LogP contribution in [0.25, 0.3) is 0 Å². The van der Waals surface area contributed by atoms with Crippen LogP contribution in [0.2, 0.25) is 0 Å². The Kier molecular flexibility index (Phi) is 3.15. The fourth-order valence-corrected chi connectivity index (χ4v) is 2.14. The zero-order valence-electron chi connectivity index (χ0n) is 9.92. The summed E-state index contributed by atoms with van der Waals surface area (Å²) in [7, 11) is 0. The molecule has 17 heavy (non-hydrogen) atoms. The number of rotatable bonds is 3. The number of halogens is 1. The SMILES string of the molecule is Cc1cc(F)cc(NC(=O)CC2(N)CCC2)c1. The maximum Gasteiger partial charge on any atom is 0.226 e. The molecule has 1 aliphatic carbocycles. The Hall–Kier alpha value is -1.42. The minimum Gasteiger partial charge on any atom is -0.326 e. The van der Waals surface area contributed by atoms with E-state index in [1.54, 1.807) is 13.0 Å². The minimum atomic E-state index is -0.341. The van der Waals surface area contributed by atoms with Crippen LogP contribution in [0, 0.1) is 12.7 Å². The van der Waals surface area contributed by atoms with Gasteiger partial charge in [0.2, 0.25) is 5.91 Å². The first-order chi connectivity index (χ1) is 7.97. The molecule has 3 N–H and O–H groups in total. The Bertz CT molecular complexity index is 421. The quantitative estimate of drug-likeness (QED) is 0.846. The van der Waals surface area contributed by atoms with Gasteiger partial charge in [0.25, 0.3) is 0 Å². The van der Waals surface area contributed by atoms with Crippen LogP contribution in [-0.4, -0.2) is 11.4 Å². The zero-order valence-corrected chi connectivity index (χ0v) is 9.92. The molecule has 0 saturated heterocycles. The summed E-state index contributed by atoms with van der Waals surface area (Å²) in [6.07, 6.45) is 3.18. The largest absolute Gasteiger partial charge is 0.326 e. The summed E-state index contributed by atoms with van der Waals surface area (Å²) in [5, 5.41) is 2.69. The first-order valence-corrected chi connectivity index (χ1v) is 5.83. The van der Waals surface area contributed by atoms with Crippen molar-refractivity contribution in [1.82, 2.24) is 0 Å². The number of carbonyl (C=O) groups is 1. The van der Waals surface area contributed by atoms with Gasteiger partial charge in [-0.25, -0.2) is 4.39 Å². The molecule has 1 aromatic carbocycles. The van der Waals surface area contributed by atoms with Gasteiger partial charge >= 0.3 is 0 Å². The molecule has 1 fully saturated rings. The van der Waals surface area contributed by atoms with Crippen molar-refractivity contribution < 1.29 is 9.18 Å². The maximum atomic E-state index is 13.1. The second-order valence-electron chi connectivity index (χ2n) is 4.96. The average molecular weight is 236 g/mol. The van der Waals surface area contributed by atoms with Crippen molar-refractivity contribution in [2.75, 3.05) is 5.32 Å². The summed E-state index contributed by atoms with van der Waals surface area (Å²) in [4.78, 5) is 11.7. The number of carbonyl (C=O) groups excluding carboxylic acids is 1. The van der Waals surface area contributed by atoms with E-state index in [0.717, 1.165) is 24.8 Å². The normalized spacial score (nSPS) is 17.4. The van der Waals surface area contributed by atoms with Gasteiger partial charge in [0.05, 0.1) is 0 Å². The van der Waals surface area contributed by atoms with Gasteiger partial charge < -0.3 is 11.1 Å². The summed E-state index contributed by atoms with van der Waals surface area (Å²) in [6, 6.07) is 4.48. The fourth-order valence-electron chi connectivity index (χ4n) is 2.14. The van der Waals surface area contributed by atoms with E-state index in [4.69, 9.17) is 5.73 Å². The van der Waals surface area contributed by atoms with Crippen LogP contribution >= 0.6 is 0 Å². The van der Waals surface area contributed by atoms with Gasteiger partial charge in [0.1, 0.15) is 5.82 Å². The highest BCUT2D eigenvalue weighted by molar-refractivity contribution is 5.91. The van der Waals surface area contributed by atoms with Gasteiger partial charge in [0, 0.05) is 17.6 Å². The molecule has 1 saturated carbocycles. The number of amides is 1. The molecule has 0 atom stereocenters. The molecule has 3 nitrogen and oxygen atoms in total. The van der Waals surface area contributed by atoms with E-state index < -0.39 is 0 Å². The zero-order chi connectivity index (χ0) is 12.5.